The van der Waals surface area contributed by atoms with Gasteiger partial charge >= 0.3 is 0 Å². The van der Waals surface area contributed by atoms with E-state index in [4.69, 9.17) is 0 Å². The van der Waals surface area contributed by atoms with Gasteiger partial charge in [0.1, 0.15) is 0 Å². The second-order valence-electron chi connectivity index (χ2n) is 4.75. The van der Waals surface area contributed by atoms with Crippen LogP contribution >= 0.6 is 0 Å². The topological polar surface area (TPSA) is 56.9 Å². The number of H-pyrrole nitrogens is 1. The first-order valence-electron chi connectivity index (χ1n) is 6.57. The molecule has 1 amide bonds. The van der Waals surface area contributed by atoms with E-state index in [0.29, 0.717) is 12.1 Å². The maximum absolute atomic E-state index is 12.2. The van der Waals surface area contributed by atoms with E-state index in [1.165, 1.54) is 5.57 Å². The Labute approximate surface area is 111 Å². The number of para-hydroxylation sites is 1. The van der Waals surface area contributed by atoms with Gasteiger partial charge in [-0.25, -0.2) is 0 Å². The van der Waals surface area contributed by atoms with E-state index in [1.54, 1.807) is 0 Å². The Morgan fingerprint density at radius 2 is 2.26 bits per heavy atom. The number of hydrogen-bond donors (Lipinski definition) is 3. The average molecular weight is 255 g/mol. The highest BCUT2D eigenvalue weighted by Crippen LogP contribution is 2.16. The van der Waals surface area contributed by atoms with E-state index in [1.807, 2.05) is 30.5 Å². The Kier molecular flexibility index (Phi) is 3.33. The zero-order chi connectivity index (χ0) is 13.1. The third kappa shape index (κ3) is 2.53. The maximum Gasteiger partial charge on any atom is 0.253 e. The van der Waals surface area contributed by atoms with Gasteiger partial charge in [0.05, 0.1) is 11.1 Å². The molecule has 3 rings (SSSR count). The molecule has 0 aliphatic carbocycles. The molecular formula is C15H17N3O. The Morgan fingerprint density at radius 3 is 3.11 bits per heavy atom. The molecule has 1 aliphatic rings. The van der Waals surface area contributed by atoms with Gasteiger partial charge in [-0.15, -0.1) is 0 Å². The maximum atomic E-state index is 12.2. The molecule has 0 radical (unpaired) electrons. The van der Waals surface area contributed by atoms with Crippen LogP contribution < -0.4 is 10.6 Å². The van der Waals surface area contributed by atoms with Crippen molar-refractivity contribution in [2.75, 3.05) is 19.6 Å². The lowest BCUT2D eigenvalue weighted by Gasteiger charge is -2.14. The van der Waals surface area contributed by atoms with Crippen molar-refractivity contribution in [3.05, 3.63) is 47.7 Å². The van der Waals surface area contributed by atoms with Crippen LogP contribution in [0.5, 0.6) is 0 Å². The predicted octanol–water partition coefficient (Wildman–Crippen LogP) is 1.82. The number of aromatic amines is 1. The summed E-state index contributed by atoms with van der Waals surface area (Å²) in [5.41, 5.74) is 2.90. The summed E-state index contributed by atoms with van der Waals surface area (Å²) in [5, 5.41) is 7.32. The zero-order valence-corrected chi connectivity index (χ0v) is 10.7. The van der Waals surface area contributed by atoms with Crippen molar-refractivity contribution in [1.29, 1.82) is 0 Å². The molecule has 0 bridgehead atoms. The molecule has 1 aliphatic heterocycles. The first-order valence-corrected chi connectivity index (χ1v) is 6.57. The van der Waals surface area contributed by atoms with Gasteiger partial charge in [0.25, 0.3) is 5.91 Å². The normalized spacial score (nSPS) is 15.3. The van der Waals surface area contributed by atoms with Crippen molar-refractivity contribution in [3.8, 4) is 0 Å². The lowest BCUT2D eigenvalue weighted by atomic mass is 10.1. The minimum absolute atomic E-state index is 0.0208. The van der Waals surface area contributed by atoms with Gasteiger partial charge in [-0.3, -0.25) is 4.79 Å². The van der Waals surface area contributed by atoms with Crippen LogP contribution in [0.25, 0.3) is 10.9 Å². The molecule has 0 atom stereocenters. The second kappa shape index (κ2) is 5.28. The Hall–Kier alpha value is -2.07. The van der Waals surface area contributed by atoms with E-state index in [-0.39, 0.29) is 5.91 Å². The number of benzene rings is 1. The van der Waals surface area contributed by atoms with Crippen LogP contribution in [0.4, 0.5) is 0 Å². The number of aromatic nitrogens is 1. The number of carbonyl (C=O) groups excluding carboxylic acids is 1. The minimum atomic E-state index is -0.0208. The van der Waals surface area contributed by atoms with E-state index in [2.05, 4.69) is 21.7 Å². The van der Waals surface area contributed by atoms with E-state index < -0.39 is 0 Å². The number of carbonyl (C=O) groups is 1. The van der Waals surface area contributed by atoms with Gasteiger partial charge < -0.3 is 15.6 Å². The smallest absolute Gasteiger partial charge is 0.253 e. The van der Waals surface area contributed by atoms with Crippen LogP contribution in [0.2, 0.25) is 0 Å². The molecule has 0 saturated heterocycles. The molecule has 2 aromatic rings. The van der Waals surface area contributed by atoms with Crippen LogP contribution in [-0.2, 0) is 0 Å². The third-order valence-corrected chi connectivity index (χ3v) is 3.47. The summed E-state index contributed by atoms with van der Waals surface area (Å²) in [6, 6.07) is 7.74. The molecule has 98 valence electrons. The molecular weight excluding hydrogens is 238 g/mol. The van der Waals surface area contributed by atoms with Gasteiger partial charge in [0.15, 0.2) is 0 Å². The van der Waals surface area contributed by atoms with Crippen LogP contribution in [0.15, 0.2) is 42.1 Å². The van der Waals surface area contributed by atoms with Gasteiger partial charge in [-0.05, 0) is 25.1 Å². The number of fused-ring (bicyclic) bond motifs is 1. The average Bonchev–Trinajstić information content (AvgIpc) is 2.94. The van der Waals surface area contributed by atoms with Crippen LogP contribution in [-0.4, -0.2) is 30.5 Å². The highest BCUT2D eigenvalue weighted by Gasteiger charge is 2.11. The second-order valence-corrected chi connectivity index (χ2v) is 4.75. The molecule has 2 heterocycles. The summed E-state index contributed by atoms with van der Waals surface area (Å²) in [6.07, 6.45) is 5.02. The van der Waals surface area contributed by atoms with Crippen molar-refractivity contribution in [1.82, 2.24) is 15.6 Å². The predicted molar refractivity (Wildman–Crippen MR) is 76.2 cm³/mol. The third-order valence-electron chi connectivity index (χ3n) is 3.47. The minimum Gasteiger partial charge on any atom is -0.361 e. The highest BCUT2D eigenvalue weighted by atomic mass is 16.1. The lowest BCUT2D eigenvalue weighted by Crippen LogP contribution is -2.29. The van der Waals surface area contributed by atoms with Crippen molar-refractivity contribution in [3.63, 3.8) is 0 Å². The molecule has 1 aromatic heterocycles. The first kappa shape index (κ1) is 12.0. The van der Waals surface area contributed by atoms with Crippen molar-refractivity contribution < 1.29 is 4.79 Å². The summed E-state index contributed by atoms with van der Waals surface area (Å²) in [6.45, 7) is 2.53. The largest absolute Gasteiger partial charge is 0.361 e. The summed E-state index contributed by atoms with van der Waals surface area (Å²) in [5.74, 6) is -0.0208. The monoisotopic (exact) mass is 255 g/mol. The number of nitrogens with one attached hydrogen (secondary N) is 3. The number of rotatable bonds is 3. The van der Waals surface area contributed by atoms with Gasteiger partial charge in [0.2, 0.25) is 0 Å². The molecule has 0 fully saturated rings. The summed E-state index contributed by atoms with van der Waals surface area (Å²) in [4.78, 5) is 15.3. The fraction of sp³-hybridized carbons (Fsp3) is 0.267. The highest BCUT2D eigenvalue weighted by molar-refractivity contribution is 6.05. The first-order chi connectivity index (χ1) is 9.34. The van der Waals surface area contributed by atoms with Crippen LogP contribution in [0.1, 0.15) is 16.8 Å². The van der Waals surface area contributed by atoms with Gasteiger partial charge in [-0.2, -0.15) is 0 Å². The van der Waals surface area contributed by atoms with E-state index >= 15 is 0 Å². The Balaban J connectivity index is 1.73. The standard InChI is InChI=1S/C15H17N3O/c19-15(18-10-11-4-7-16-8-5-11)13-3-1-2-12-6-9-17-14(12)13/h1-4,6,9,16-17H,5,7-8,10H2,(H,18,19). The zero-order valence-electron chi connectivity index (χ0n) is 10.7. The summed E-state index contributed by atoms with van der Waals surface area (Å²) < 4.78 is 0. The van der Waals surface area contributed by atoms with E-state index in [9.17, 15) is 4.79 Å². The molecule has 1 aromatic carbocycles. The molecule has 0 spiro atoms. The Morgan fingerprint density at radius 1 is 1.32 bits per heavy atom. The van der Waals surface area contributed by atoms with Crippen molar-refractivity contribution >= 4 is 16.8 Å². The van der Waals surface area contributed by atoms with Crippen LogP contribution in [0, 0.1) is 0 Å². The van der Waals surface area contributed by atoms with Crippen molar-refractivity contribution in [2.45, 2.75) is 6.42 Å². The molecule has 4 heteroatoms. The molecule has 0 unspecified atom stereocenters. The van der Waals surface area contributed by atoms with Gasteiger partial charge in [0, 0.05) is 24.7 Å². The molecule has 3 N–H and O–H groups in total. The molecule has 4 nitrogen and oxygen atoms in total. The van der Waals surface area contributed by atoms with Crippen molar-refractivity contribution in [2.24, 2.45) is 0 Å². The number of hydrogen-bond acceptors (Lipinski definition) is 2. The molecule has 19 heavy (non-hydrogen) atoms. The lowest BCUT2D eigenvalue weighted by molar-refractivity contribution is 0.0958. The fourth-order valence-electron chi connectivity index (χ4n) is 2.39. The summed E-state index contributed by atoms with van der Waals surface area (Å²) in [7, 11) is 0. The Bertz CT molecular complexity index is 627. The molecule has 0 saturated carbocycles. The summed E-state index contributed by atoms with van der Waals surface area (Å²) >= 11 is 0. The van der Waals surface area contributed by atoms with Gasteiger partial charge in [-0.1, -0.05) is 23.8 Å². The van der Waals surface area contributed by atoms with Crippen LogP contribution in [0.3, 0.4) is 0 Å². The number of amides is 1. The SMILES string of the molecule is O=C(NCC1=CCNCC1)c1cccc2cc[nH]c12. The van der Waals surface area contributed by atoms with E-state index in [0.717, 1.165) is 30.4 Å². The quantitative estimate of drug-likeness (QED) is 0.733. The fourth-order valence-corrected chi connectivity index (χ4v) is 2.39.